The number of benzene rings is 3. The zero-order chi connectivity index (χ0) is 35.1. The highest BCUT2D eigenvalue weighted by Gasteiger charge is 2.64. The Labute approximate surface area is 294 Å². The Morgan fingerprint density at radius 1 is 1.02 bits per heavy atom. The molecule has 2 N–H and O–H groups in total. The molecule has 1 unspecified atom stereocenters. The molecule has 0 aromatic heterocycles. The molecule has 2 aliphatic heterocycles. The first-order valence-electron chi connectivity index (χ1n) is 15.2. The average molecular weight is 735 g/mol. The van der Waals surface area contributed by atoms with Gasteiger partial charge in [0.25, 0.3) is 0 Å². The third-order valence-corrected chi connectivity index (χ3v) is 10.2. The van der Waals surface area contributed by atoms with E-state index in [0.29, 0.717) is 49.6 Å². The van der Waals surface area contributed by atoms with Crippen molar-refractivity contribution in [1.29, 1.82) is 0 Å². The molecule has 4 amide bonds. The van der Waals surface area contributed by atoms with Gasteiger partial charge in [-0.1, -0.05) is 53.9 Å². The molecule has 0 saturated carbocycles. The molecule has 5 rings (SSSR count). The summed E-state index contributed by atoms with van der Waals surface area (Å²) in [7, 11) is -3.73. The topological polar surface area (TPSA) is 139 Å². The van der Waals surface area contributed by atoms with Crippen molar-refractivity contribution in [1.82, 2.24) is 10.0 Å². The summed E-state index contributed by atoms with van der Waals surface area (Å²) in [5.41, 5.74) is 0.994. The summed E-state index contributed by atoms with van der Waals surface area (Å²) in [6.07, 6.45) is 0.692. The molecule has 1 fully saturated rings. The van der Waals surface area contributed by atoms with Gasteiger partial charge in [0, 0.05) is 46.3 Å². The molecular weight excluding hydrogens is 701 g/mol. The van der Waals surface area contributed by atoms with Crippen LogP contribution >= 0.6 is 34.8 Å². The number of nitrogens with one attached hydrogen (secondary N) is 2. The largest absolute Gasteiger partial charge is 0.490 e. The van der Waals surface area contributed by atoms with E-state index in [0.717, 1.165) is 16.7 Å². The summed E-state index contributed by atoms with van der Waals surface area (Å²) in [5, 5.41) is 4.09. The van der Waals surface area contributed by atoms with E-state index in [4.69, 9.17) is 39.5 Å². The molecular formula is C34H34Cl3N3O7S. The fourth-order valence-electron chi connectivity index (χ4n) is 6.83. The number of halogens is 3. The smallest absolute Gasteiger partial charge is 0.247 e. The number of anilines is 1. The standard InChI is InChI=1S/C34H34Cl3N3O7S/c1-5-23(10-13-30(42)39-48(4,45)46)47-29-12-9-21(36)15-25(29)27-17-31(43)38-32(24-14-20(35)7-6-18(24)2)34(27)26-11-8-22(37)16-28(26)40(19(3)41)33(34)44/h6-9,11-12,14-16,23,27,32H,5,10,13,17H2,1-4H3,(H,38,43)(H,39,42)/t23?,27-,32+,34-/m0/s1. The number of hydrogen-bond acceptors (Lipinski definition) is 7. The number of sulfonamides is 1. The number of carbonyl (C=O) groups excluding carboxylic acids is 4. The number of rotatable bonds is 9. The molecule has 48 heavy (non-hydrogen) atoms. The van der Waals surface area contributed by atoms with Gasteiger partial charge in [-0.15, -0.1) is 0 Å². The molecule has 0 radical (unpaired) electrons. The van der Waals surface area contributed by atoms with Crippen LogP contribution in [0.4, 0.5) is 5.69 Å². The minimum Gasteiger partial charge on any atom is -0.490 e. The van der Waals surface area contributed by atoms with Crippen LogP contribution in [0.3, 0.4) is 0 Å². The molecule has 3 aromatic rings. The average Bonchev–Trinajstić information content (AvgIpc) is 3.24. The number of ether oxygens (including phenoxy) is 1. The van der Waals surface area contributed by atoms with Crippen molar-refractivity contribution in [3.63, 3.8) is 0 Å². The van der Waals surface area contributed by atoms with Crippen molar-refractivity contribution >= 4 is 74.1 Å². The molecule has 1 saturated heterocycles. The highest BCUT2D eigenvalue weighted by molar-refractivity contribution is 7.89. The molecule has 3 aromatic carbocycles. The maximum absolute atomic E-state index is 15.0. The van der Waals surface area contributed by atoms with E-state index in [1.54, 1.807) is 54.6 Å². The van der Waals surface area contributed by atoms with Crippen LogP contribution in [-0.4, -0.2) is 44.4 Å². The monoisotopic (exact) mass is 733 g/mol. The molecule has 0 aliphatic carbocycles. The number of carbonyl (C=O) groups is 4. The second-order valence-corrected chi connectivity index (χ2v) is 15.2. The van der Waals surface area contributed by atoms with Crippen molar-refractivity contribution in [2.45, 2.75) is 69.9 Å². The van der Waals surface area contributed by atoms with Crippen LogP contribution in [0.25, 0.3) is 0 Å². The van der Waals surface area contributed by atoms with Crippen molar-refractivity contribution in [2.24, 2.45) is 0 Å². The second-order valence-electron chi connectivity index (χ2n) is 12.1. The molecule has 2 heterocycles. The summed E-state index contributed by atoms with van der Waals surface area (Å²) in [4.78, 5) is 55.3. The van der Waals surface area contributed by atoms with Crippen molar-refractivity contribution < 1.29 is 32.3 Å². The summed E-state index contributed by atoms with van der Waals surface area (Å²) < 4.78 is 31.5. The van der Waals surface area contributed by atoms with E-state index >= 15 is 4.79 Å². The first-order chi connectivity index (χ1) is 22.6. The van der Waals surface area contributed by atoms with Gasteiger partial charge in [0.2, 0.25) is 33.7 Å². The Bertz CT molecular complexity index is 1940. The van der Waals surface area contributed by atoms with E-state index in [9.17, 15) is 22.8 Å². The quantitative estimate of drug-likeness (QED) is 0.269. The fourth-order valence-corrected chi connectivity index (χ4v) is 7.88. The minimum atomic E-state index is -3.73. The number of fused-ring (bicyclic) bond motifs is 2. The lowest BCUT2D eigenvalue weighted by molar-refractivity contribution is -0.134. The highest BCUT2D eigenvalue weighted by Crippen LogP contribution is 2.61. The molecule has 10 nitrogen and oxygen atoms in total. The van der Waals surface area contributed by atoms with E-state index < -0.39 is 51.2 Å². The van der Waals surface area contributed by atoms with Gasteiger partial charge < -0.3 is 10.1 Å². The third-order valence-electron chi connectivity index (χ3n) is 8.86. The predicted octanol–water partition coefficient (Wildman–Crippen LogP) is 6.14. The lowest BCUT2D eigenvalue weighted by Gasteiger charge is -2.47. The van der Waals surface area contributed by atoms with Crippen molar-refractivity contribution in [3.8, 4) is 5.75 Å². The fraction of sp³-hybridized carbons (Fsp3) is 0.353. The number of nitrogens with zero attached hydrogens (tertiary/aromatic N) is 1. The number of hydrogen-bond donors (Lipinski definition) is 2. The van der Waals surface area contributed by atoms with Gasteiger partial charge in [0.15, 0.2) is 0 Å². The Morgan fingerprint density at radius 2 is 1.65 bits per heavy atom. The SMILES string of the molecule is CCC(CCC(=O)NS(C)(=O)=O)Oc1ccc(Cl)cc1[C@@H]1CC(=O)N[C@H](c2cc(Cl)ccc2C)[C@@]12C(=O)N(C(C)=O)c1cc(Cl)ccc12. The van der Waals surface area contributed by atoms with Gasteiger partial charge in [-0.05, 0) is 78.9 Å². The summed E-state index contributed by atoms with van der Waals surface area (Å²) in [5.74, 6) is -2.70. The molecule has 4 atom stereocenters. The molecule has 1 spiro atoms. The van der Waals surface area contributed by atoms with Crippen LogP contribution in [0.5, 0.6) is 5.75 Å². The number of aryl methyl sites for hydroxylation is 1. The Balaban J connectivity index is 1.71. The minimum absolute atomic E-state index is 0.124. The van der Waals surface area contributed by atoms with Crippen LogP contribution < -0.4 is 19.7 Å². The van der Waals surface area contributed by atoms with Crippen LogP contribution in [0, 0.1) is 6.92 Å². The highest BCUT2D eigenvalue weighted by atomic mass is 35.5. The van der Waals surface area contributed by atoms with Crippen molar-refractivity contribution in [2.75, 3.05) is 11.2 Å². The van der Waals surface area contributed by atoms with Gasteiger partial charge in [0.05, 0.1) is 24.1 Å². The van der Waals surface area contributed by atoms with Crippen LogP contribution in [0.2, 0.25) is 15.1 Å². The zero-order valence-electron chi connectivity index (χ0n) is 26.6. The van der Waals surface area contributed by atoms with Crippen molar-refractivity contribution in [3.05, 3.63) is 91.9 Å². The Hall–Kier alpha value is -3.64. The van der Waals surface area contributed by atoms with Crippen LogP contribution in [0.15, 0.2) is 54.6 Å². The lowest BCUT2D eigenvalue weighted by atomic mass is 9.59. The Kier molecular flexibility index (Phi) is 10.2. The summed E-state index contributed by atoms with van der Waals surface area (Å²) in [6, 6.07) is 14.0. The van der Waals surface area contributed by atoms with Crippen LogP contribution in [0.1, 0.15) is 73.7 Å². The maximum atomic E-state index is 15.0. The number of imide groups is 1. The first-order valence-corrected chi connectivity index (χ1v) is 18.3. The van der Waals surface area contributed by atoms with Crippen LogP contribution in [-0.2, 0) is 34.6 Å². The van der Waals surface area contributed by atoms with Gasteiger partial charge in [-0.25, -0.2) is 13.3 Å². The van der Waals surface area contributed by atoms with Gasteiger partial charge in [0.1, 0.15) is 11.2 Å². The molecule has 0 bridgehead atoms. The Morgan fingerprint density at radius 3 is 2.29 bits per heavy atom. The van der Waals surface area contributed by atoms with E-state index in [-0.39, 0.29) is 25.2 Å². The first kappa shape index (κ1) is 35.7. The predicted molar refractivity (Wildman–Crippen MR) is 184 cm³/mol. The maximum Gasteiger partial charge on any atom is 0.247 e. The summed E-state index contributed by atoms with van der Waals surface area (Å²) in [6.45, 7) is 4.99. The van der Waals surface area contributed by atoms with E-state index in [2.05, 4.69) is 5.32 Å². The van der Waals surface area contributed by atoms with Gasteiger partial charge in [-0.3, -0.25) is 23.9 Å². The molecule has 2 aliphatic rings. The molecule has 14 heteroatoms. The van der Waals surface area contributed by atoms with Gasteiger partial charge >= 0.3 is 0 Å². The zero-order valence-corrected chi connectivity index (χ0v) is 29.7. The molecule has 254 valence electrons. The normalized spacial score (nSPS) is 21.1. The van der Waals surface area contributed by atoms with Gasteiger partial charge in [-0.2, -0.15) is 0 Å². The number of piperidine rings is 1. The van der Waals surface area contributed by atoms with E-state index in [1.807, 2.05) is 18.6 Å². The lowest BCUT2D eigenvalue weighted by Crippen LogP contribution is -2.58. The second kappa shape index (κ2) is 13.7. The van der Waals surface area contributed by atoms with E-state index in [1.165, 1.54) is 6.92 Å². The third kappa shape index (κ3) is 6.78. The number of amides is 4. The summed E-state index contributed by atoms with van der Waals surface area (Å²) >= 11 is 19.5.